The third-order valence-corrected chi connectivity index (χ3v) is 1.75. The lowest BCUT2D eigenvalue weighted by atomic mass is 10.1. The average Bonchev–Trinajstić information content (AvgIpc) is 2.16. The van der Waals surface area contributed by atoms with Gasteiger partial charge < -0.3 is 15.8 Å². The molecular formula is C9H12N2O2. The van der Waals surface area contributed by atoms with Gasteiger partial charge in [0.15, 0.2) is 5.75 Å². The lowest BCUT2D eigenvalue weighted by Crippen LogP contribution is -2.13. The molecule has 0 unspecified atom stereocenters. The van der Waals surface area contributed by atoms with E-state index in [-0.39, 0.29) is 0 Å². The Morgan fingerprint density at radius 1 is 1.54 bits per heavy atom. The number of nitrogens with one attached hydrogen (secondary N) is 1. The van der Waals surface area contributed by atoms with Gasteiger partial charge in [0.2, 0.25) is 0 Å². The van der Waals surface area contributed by atoms with Crippen LogP contribution in [0.2, 0.25) is 0 Å². The largest absolute Gasteiger partial charge is 0.494 e. The summed E-state index contributed by atoms with van der Waals surface area (Å²) in [6, 6.07) is 5.18. The third-order valence-electron chi connectivity index (χ3n) is 1.75. The maximum absolute atomic E-state index is 11.0. The van der Waals surface area contributed by atoms with Gasteiger partial charge >= 0.3 is 0 Å². The van der Waals surface area contributed by atoms with Crippen molar-refractivity contribution in [1.82, 2.24) is 0 Å². The predicted octanol–water partition coefficient (Wildman–Crippen LogP) is 0.836. The van der Waals surface area contributed by atoms with Crippen LogP contribution in [0.1, 0.15) is 10.4 Å². The highest BCUT2D eigenvalue weighted by atomic mass is 16.5. The van der Waals surface area contributed by atoms with Gasteiger partial charge in [0.05, 0.1) is 18.4 Å². The van der Waals surface area contributed by atoms with Gasteiger partial charge in [-0.1, -0.05) is 6.07 Å². The summed E-state index contributed by atoms with van der Waals surface area (Å²) in [7, 11) is 3.26. The minimum Gasteiger partial charge on any atom is -0.494 e. The normalized spacial score (nSPS) is 9.38. The molecule has 0 heterocycles. The fraction of sp³-hybridized carbons (Fsp3) is 0.222. The van der Waals surface area contributed by atoms with E-state index in [4.69, 9.17) is 10.5 Å². The second-order valence-corrected chi connectivity index (χ2v) is 2.50. The first-order valence-corrected chi connectivity index (χ1v) is 3.85. The Labute approximate surface area is 76.7 Å². The van der Waals surface area contributed by atoms with Crippen LogP contribution in [0.4, 0.5) is 5.69 Å². The van der Waals surface area contributed by atoms with E-state index >= 15 is 0 Å². The predicted molar refractivity (Wildman–Crippen MR) is 51.1 cm³/mol. The first kappa shape index (κ1) is 9.38. The lowest BCUT2D eigenvalue weighted by molar-refractivity contribution is 0.0997. The van der Waals surface area contributed by atoms with Crippen LogP contribution in [0, 0.1) is 0 Å². The molecule has 1 aromatic rings. The van der Waals surface area contributed by atoms with Gasteiger partial charge in [-0.2, -0.15) is 0 Å². The number of ether oxygens (including phenoxy) is 1. The van der Waals surface area contributed by atoms with E-state index < -0.39 is 5.91 Å². The molecule has 0 atom stereocenters. The monoisotopic (exact) mass is 180 g/mol. The molecule has 4 nitrogen and oxygen atoms in total. The van der Waals surface area contributed by atoms with Crippen molar-refractivity contribution in [3.8, 4) is 5.75 Å². The van der Waals surface area contributed by atoms with Gasteiger partial charge in [0.25, 0.3) is 5.91 Å². The fourth-order valence-corrected chi connectivity index (χ4v) is 1.15. The number of hydrogen-bond donors (Lipinski definition) is 2. The van der Waals surface area contributed by atoms with Crippen LogP contribution in [0.25, 0.3) is 0 Å². The van der Waals surface area contributed by atoms with Crippen molar-refractivity contribution < 1.29 is 9.53 Å². The van der Waals surface area contributed by atoms with Gasteiger partial charge in [-0.05, 0) is 12.1 Å². The van der Waals surface area contributed by atoms with Crippen molar-refractivity contribution >= 4 is 11.6 Å². The zero-order valence-corrected chi connectivity index (χ0v) is 7.63. The van der Waals surface area contributed by atoms with E-state index in [9.17, 15) is 4.79 Å². The van der Waals surface area contributed by atoms with Crippen molar-refractivity contribution in [3.63, 3.8) is 0 Å². The van der Waals surface area contributed by atoms with Gasteiger partial charge in [-0.25, -0.2) is 0 Å². The topological polar surface area (TPSA) is 64.3 Å². The van der Waals surface area contributed by atoms with Crippen molar-refractivity contribution in [2.45, 2.75) is 0 Å². The highest BCUT2D eigenvalue weighted by molar-refractivity contribution is 5.97. The Morgan fingerprint density at radius 3 is 2.69 bits per heavy atom. The number of carbonyl (C=O) groups excluding carboxylic acids is 1. The van der Waals surface area contributed by atoms with Gasteiger partial charge in [-0.15, -0.1) is 0 Å². The second-order valence-electron chi connectivity index (χ2n) is 2.50. The molecule has 1 amide bonds. The fourth-order valence-electron chi connectivity index (χ4n) is 1.15. The van der Waals surface area contributed by atoms with Crippen LogP contribution in [0.5, 0.6) is 5.75 Å². The molecule has 70 valence electrons. The maximum Gasteiger partial charge on any atom is 0.252 e. The van der Waals surface area contributed by atoms with E-state index in [0.717, 1.165) is 5.69 Å². The minimum atomic E-state index is -0.492. The Hall–Kier alpha value is -1.71. The third kappa shape index (κ3) is 1.72. The molecular weight excluding hydrogens is 168 g/mol. The van der Waals surface area contributed by atoms with Crippen molar-refractivity contribution in [2.75, 3.05) is 19.5 Å². The molecule has 0 aliphatic heterocycles. The summed E-state index contributed by atoms with van der Waals surface area (Å²) in [4.78, 5) is 11.0. The molecule has 0 spiro atoms. The highest BCUT2D eigenvalue weighted by Crippen LogP contribution is 2.27. The maximum atomic E-state index is 11.0. The van der Waals surface area contributed by atoms with Crippen LogP contribution in [0.15, 0.2) is 18.2 Å². The molecule has 1 rings (SSSR count). The standard InChI is InChI=1S/C9H12N2O2/c1-11-7-5-3-4-6(9(10)12)8(7)13-2/h3-5,11H,1-2H3,(H2,10,12). The van der Waals surface area contributed by atoms with Gasteiger partial charge in [0.1, 0.15) is 0 Å². The molecule has 4 heteroatoms. The van der Waals surface area contributed by atoms with E-state index in [2.05, 4.69) is 5.32 Å². The Morgan fingerprint density at radius 2 is 2.23 bits per heavy atom. The first-order valence-electron chi connectivity index (χ1n) is 3.85. The smallest absolute Gasteiger partial charge is 0.252 e. The summed E-state index contributed by atoms with van der Waals surface area (Å²) in [5.74, 6) is -0.00792. The van der Waals surface area contributed by atoms with E-state index in [1.165, 1.54) is 7.11 Å². The highest BCUT2D eigenvalue weighted by Gasteiger charge is 2.11. The Bertz CT molecular complexity index is 323. The number of rotatable bonds is 3. The number of anilines is 1. The van der Waals surface area contributed by atoms with Crippen LogP contribution < -0.4 is 15.8 Å². The molecule has 0 fully saturated rings. The minimum absolute atomic E-state index is 0.384. The second kappa shape index (κ2) is 3.80. The molecule has 0 aromatic heterocycles. The SMILES string of the molecule is CNc1cccc(C(N)=O)c1OC. The van der Waals surface area contributed by atoms with Gasteiger partial charge in [-0.3, -0.25) is 4.79 Å². The number of methoxy groups -OCH3 is 1. The first-order chi connectivity index (χ1) is 6.20. The summed E-state index contributed by atoms with van der Waals surface area (Å²) < 4.78 is 5.07. The van der Waals surface area contributed by atoms with E-state index in [0.29, 0.717) is 11.3 Å². The van der Waals surface area contributed by atoms with Gasteiger partial charge in [0, 0.05) is 7.05 Å². The summed E-state index contributed by atoms with van der Waals surface area (Å²) in [5, 5.41) is 2.91. The van der Waals surface area contributed by atoms with E-state index in [1.807, 2.05) is 6.07 Å². The number of para-hydroxylation sites is 1. The van der Waals surface area contributed by atoms with Crippen molar-refractivity contribution in [1.29, 1.82) is 0 Å². The summed E-state index contributed by atoms with van der Waals surface area (Å²) in [6.45, 7) is 0. The van der Waals surface area contributed by atoms with E-state index in [1.54, 1.807) is 19.2 Å². The number of amides is 1. The number of hydrogen-bond acceptors (Lipinski definition) is 3. The zero-order valence-electron chi connectivity index (χ0n) is 7.63. The van der Waals surface area contributed by atoms with Crippen LogP contribution >= 0.6 is 0 Å². The number of nitrogens with two attached hydrogens (primary N) is 1. The summed E-state index contributed by atoms with van der Waals surface area (Å²) >= 11 is 0. The molecule has 0 radical (unpaired) electrons. The molecule has 0 aliphatic rings. The quantitative estimate of drug-likeness (QED) is 0.724. The lowest BCUT2D eigenvalue weighted by Gasteiger charge is -2.10. The zero-order chi connectivity index (χ0) is 9.84. The molecule has 3 N–H and O–H groups in total. The van der Waals surface area contributed by atoms with Crippen LogP contribution in [-0.4, -0.2) is 20.1 Å². The number of primary amides is 1. The molecule has 0 bridgehead atoms. The summed E-state index contributed by atoms with van der Waals surface area (Å²) in [5.41, 5.74) is 6.30. The van der Waals surface area contributed by atoms with Crippen LogP contribution in [0.3, 0.4) is 0 Å². The Balaban J connectivity index is 3.27. The number of benzene rings is 1. The molecule has 0 saturated carbocycles. The Kier molecular flexibility index (Phi) is 2.74. The van der Waals surface area contributed by atoms with Crippen molar-refractivity contribution in [2.24, 2.45) is 5.73 Å². The van der Waals surface area contributed by atoms with Crippen LogP contribution in [-0.2, 0) is 0 Å². The molecule has 0 saturated heterocycles. The molecule has 0 aliphatic carbocycles. The number of carbonyl (C=O) groups is 1. The molecule has 1 aromatic carbocycles. The van der Waals surface area contributed by atoms with Crippen molar-refractivity contribution in [3.05, 3.63) is 23.8 Å². The summed E-state index contributed by atoms with van der Waals surface area (Å²) in [6.07, 6.45) is 0. The molecule has 13 heavy (non-hydrogen) atoms. The average molecular weight is 180 g/mol.